The number of nitrogens with one attached hydrogen (secondary N) is 2. The molecular formula is C16H20N4O2. The Morgan fingerprint density at radius 1 is 1.50 bits per heavy atom. The highest BCUT2D eigenvalue weighted by Gasteiger charge is 2.28. The van der Waals surface area contributed by atoms with Crippen LogP contribution in [0.3, 0.4) is 0 Å². The van der Waals surface area contributed by atoms with Crippen LogP contribution in [0.25, 0.3) is 0 Å². The number of fused-ring (bicyclic) bond motifs is 1. The summed E-state index contributed by atoms with van der Waals surface area (Å²) in [4.78, 5) is 24.3. The van der Waals surface area contributed by atoms with Gasteiger partial charge in [0, 0.05) is 30.1 Å². The summed E-state index contributed by atoms with van der Waals surface area (Å²) < 4.78 is 0. The fraction of sp³-hybridized carbons (Fsp3) is 0.438. The van der Waals surface area contributed by atoms with Gasteiger partial charge in [0.25, 0.3) is 0 Å². The smallest absolute Gasteiger partial charge is 0.229 e. The quantitative estimate of drug-likeness (QED) is 0.811. The van der Waals surface area contributed by atoms with Crippen LogP contribution in [0.4, 0.5) is 5.82 Å². The number of pyridine rings is 1. The predicted octanol–water partition coefficient (Wildman–Crippen LogP) is 2.38. The number of aromatic amines is 1. The zero-order valence-corrected chi connectivity index (χ0v) is 12.8. The average Bonchev–Trinajstić information content (AvgIpc) is 2.93. The summed E-state index contributed by atoms with van der Waals surface area (Å²) in [6.45, 7) is 4.19. The van der Waals surface area contributed by atoms with Crippen LogP contribution in [0.2, 0.25) is 0 Å². The van der Waals surface area contributed by atoms with Gasteiger partial charge in [0.15, 0.2) is 11.6 Å². The van der Waals surface area contributed by atoms with E-state index in [1.165, 1.54) is 12.3 Å². The van der Waals surface area contributed by atoms with Crippen molar-refractivity contribution in [3.63, 3.8) is 0 Å². The second kappa shape index (κ2) is 5.79. The van der Waals surface area contributed by atoms with Crippen LogP contribution in [-0.4, -0.2) is 26.0 Å². The molecule has 116 valence electrons. The van der Waals surface area contributed by atoms with Gasteiger partial charge in [-0.25, -0.2) is 9.97 Å². The summed E-state index contributed by atoms with van der Waals surface area (Å²) in [5.74, 6) is 1.29. The van der Waals surface area contributed by atoms with Crippen LogP contribution in [0, 0.1) is 5.92 Å². The molecule has 0 saturated heterocycles. The molecule has 0 spiro atoms. The lowest BCUT2D eigenvalue weighted by atomic mass is 9.89. The van der Waals surface area contributed by atoms with Crippen LogP contribution in [0.15, 0.2) is 18.3 Å². The Hall–Kier alpha value is -2.37. The average molecular weight is 300 g/mol. The SMILES string of the molecule is CC(C)c1nc2c([nH]1)C[C@@H](C(=O)Nc1ncccc1O)CC2. The van der Waals surface area contributed by atoms with Gasteiger partial charge in [-0.1, -0.05) is 13.8 Å². The number of imidazole rings is 1. The molecule has 22 heavy (non-hydrogen) atoms. The Balaban J connectivity index is 1.71. The van der Waals surface area contributed by atoms with Crippen molar-refractivity contribution in [2.75, 3.05) is 5.32 Å². The first kappa shape index (κ1) is 14.6. The maximum atomic E-state index is 12.4. The van der Waals surface area contributed by atoms with Gasteiger partial charge < -0.3 is 15.4 Å². The third-order valence-electron chi connectivity index (χ3n) is 4.01. The molecule has 1 amide bonds. The highest BCUT2D eigenvalue weighted by Crippen LogP contribution is 2.27. The van der Waals surface area contributed by atoms with Crippen molar-refractivity contribution in [2.24, 2.45) is 5.92 Å². The molecule has 3 rings (SSSR count). The topological polar surface area (TPSA) is 90.9 Å². The molecular weight excluding hydrogens is 280 g/mol. The van der Waals surface area contributed by atoms with Gasteiger partial charge in [0.05, 0.1) is 5.69 Å². The summed E-state index contributed by atoms with van der Waals surface area (Å²) in [5, 5.41) is 12.4. The highest BCUT2D eigenvalue weighted by atomic mass is 16.3. The molecule has 0 aliphatic heterocycles. The van der Waals surface area contributed by atoms with Crippen molar-refractivity contribution in [2.45, 2.75) is 39.0 Å². The van der Waals surface area contributed by atoms with Crippen LogP contribution >= 0.6 is 0 Å². The van der Waals surface area contributed by atoms with Crippen molar-refractivity contribution >= 4 is 11.7 Å². The lowest BCUT2D eigenvalue weighted by molar-refractivity contribution is -0.120. The largest absolute Gasteiger partial charge is 0.504 e. The van der Waals surface area contributed by atoms with E-state index in [2.05, 4.69) is 34.1 Å². The summed E-state index contributed by atoms with van der Waals surface area (Å²) in [6.07, 6.45) is 3.74. The molecule has 3 N–H and O–H groups in total. The van der Waals surface area contributed by atoms with Gasteiger partial charge >= 0.3 is 0 Å². The molecule has 0 bridgehead atoms. The van der Waals surface area contributed by atoms with Crippen LogP contribution < -0.4 is 5.32 Å². The number of aromatic hydroxyl groups is 1. The molecule has 6 nitrogen and oxygen atoms in total. The zero-order chi connectivity index (χ0) is 15.7. The van der Waals surface area contributed by atoms with E-state index in [-0.39, 0.29) is 23.4 Å². The maximum Gasteiger partial charge on any atom is 0.229 e. The van der Waals surface area contributed by atoms with Crippen molar-refractivity contribution in [1.29, 1.82) is 0 Å². The third kappa shape index (κ3) is 2.81. The summed E-state index contributed by atoms with van der Waals surface area (Å²) >= 11 is 0. The van der Waals surface area contributed by atoms with E-state index in [1.54, 1.807) is 6.07 Å². The molecule has 2 aromatic heterocycles. The van der Waals surface area contributed by atoms with Gasteiger partial charge in [-0.2, -0.15) is 0 Å². The Labute approximate surface area is 129 Å². The molecule has 0 saturated carbocycles. The Kier molecular flexibility index (Phi) is 3.83. The number of carbonyl (C=O) groups is 1. The number of rotatable bonds is 3. The predicted molar refractivity (Wildman–Crippen MR) is 82.7 cm³/mol. The number of nitrogens with zero attached hydrogens (tertiary/aromatic N) is 2. The van der Waals surface area contributed by atoms with Gasteiger partial charge in [0.1, 0.15) is 5.82 Å². The number of aryl methyl sites for hydroxylation is 1. The lowest BCUT2D eigenvalue weighted by Crippen LogP contribution is -2.28. The third-order valence-corrected chi connectivity index (χ3v) is 4.01. The van der Waals surface area contributed by atoms with Crippen LogP contribution in [-0.2, 0) is 17.6 Å². The number of anilines is 1. The normalized spacial score (nSPS) is 17.3. The number of aromatic nitrogens is 3. The number of hydrogen-bond donors (Lipinski definition) is 3. The molecule has 1 aliphatic carbocycles. The molecule has 2 heterocycles. The fourth-order valence-electron chi connectivity index (χ4n) is 2.71. The van der Waals surface area contributed by atoms with E-state index >= 15 is 0 Å². The molecule has 0 unspecified atom stereocenters. The van der Waals surface area contributed by atoms with E-state index in [9.17, 15) is 9.90 Å². The van der Waals surface area contributed by atoms with E-state index in [1.807, 2.05) is 0 Å². The molecule has 0 aromatic carbocycles. The van der Waals surface area contributed by atoms with Crippen molar-refractivity contribution in [1.82, 2.24) is 15.0 Å². The van der Waals surface area contributed by atoms with E-state index in [0.29, 0.717) is 12.3 Å². The number of H-pyrrole nitrogens is 1. The van der Waals surface area contributed by atoms with E-state index < -0.39 is 0 Å². The van der Waals surface area contributed by atoms with Gasteiger partial charge in [-0.05, 0) is 25.0 Å². The number of hydrogen-bond acceptors (Lipinski definition) is 4. The minimum atomic E-state index is -0.130. The standard InChI is InChI=1S/C16H20N4O2/c1-9(2)14-18-11-6-5-10(8-12(11)19-14)16(22)20-15-13(21)4-3-7-17-15/h3-4,7,9-10,21H,5-6,8H2,1-2H3,(H,18,19)(H,17,20,22)/t10-/m0/s1. The zero-order valence-electron chi connectivity index (χ0n) is 12.8. The Morgan fingerprint density at radius 2 is 2.32 bits per heavy atom. The van der Waals surface area contributed by atoms with Crippen molar-refractivity contribution in [3.8, 4) is 5.75 Å². The summed E-state index contributed by atoms with van der Waals surface area (Å²) in [6, 6.07) is 3.13. The van der Waals surface area contributed by atoms with E-state index in [0.717, 1.165) is 30.1 Å². The summed E-state index contributed by atoms with van der Waals surface area (Å²) in [5.41, 5.74) is 2.13. The molecule has 6 heteroatoms. The van der Waals surface area contributed by atoms with Crippen molar-refractivity contribution in [3.05, 3.63) is 35.5 Å². The molecule has 2 aromatic rings. The summed E-state index contributed by atoms with van der Waals surface area (Å²) in [7, 11) is 0. The molecule has 0 fully saturated rings. The number of amides is 1. The first-order chi connectivity index (χ1) is 10.5. The first-order valence-corrected chi connectivity index (χ1v) is 7.57. The van der Waals surface area contributed by atoms with Gasteiger partial charge in [-0.3, -0.25) is 4.79 Å². The minimum absolute atomic E-state index is 0.0176. The molecule has 1 aliphatic rings. The highest BCUT2D eigenvalue weighted by molar-refractivity contribution is 5.93. The number of carbonyl (C=O) groups excluding carboxylic acids is 1. The monoisotopic (exact) mass is 300 g/mol. The first-order valence-electron chi connectivity index (χ1n) is 7.57. The van der Waals surface area contributed by atoms with E-state index in [4.69, 9.17) is 0 Å². The second-order valence-corrected chi connectivity index (χ2v) is 6.00. The second-order valence-electron chi connectivity index (χ2n) is 6.00. The maximum absolute atomic E-state index is 12.4. The van der Waals surface area contributed by atoms with Gasteiger partial charge in [-0.15, -0.1) is 0 Å². The fourth-order valence-corrected chi connectivity index (χ4v) is 2.71. The van der Waals surface area contributed by atoms with Gasteiger partial charge in [0.2, 0.25) is 5.91 Å². The Morgan fingerprint density at radius 3 is 3.05 bits per heavy atom. The minimum Gasteiger partial charge on any atom is -0.504 e. The van der Waals surface area contributed by atoms with Crippen molar-refractivity contribution < 1.29 is 9.90 Å². The Bertz CT molecular complexity index is 693. The van der Waals surface area contributed by atoms with Crippen LogP contribution in [0.1, 0.15) is 43.4 Å². The van der Waals surface area contributed by atoms with Crippen LogP contribution in [0.5, 0.6) is 5.75 Å². The molecule has 0 radical (unpaired) electrons. The molecule has 1 atom stereocenters. The lowest BCUT2D eigenvalue weighted by Gasteiger charge is -2.20.